The van der Waals surface area contributed by atoms with E-state index in [0.29, 0.717) is 0 Å². The lowest BCUT2D eigenvalue weighted by Gasteiger charge is -2.24. The zero-order chi connectivity index (χ0) is 21.5. The highest BCUT2D eigenvalue weighted by atomic mass is 14.7. The van der Waals surface area contributed by atoms with Crippen LogP contribution in [0.5, 0.6) is 0 Å². The summed E-state index contributed by atoms with van der Waals surface area (Å²) in [5.74, 6) is 0. The molecule has 0 saturated carbocycles. The average Bonchev–Trinajstić information content (AvgIpc) is 3.23. The van der Waals surface area contributed by atoms with E-state index < -0.39 is 0 Å². The fourth-order valence-corrected chi connectivity index (χ4v) is 5.25. The van der Waals surface area contributed by atoms with E-state index in [4.69, 9.17) is 5.73 Å². The summed E-state index contributed by atoms with van der Waals surface area (Å²) >= 11 is 0. The van der Waals surface area contributed by atoms with E-state index >= 15 is 0 Å². The Labute approximate surface area is 187 Å². The maximum atomic E-state index is 6.25. The van der Waals surface area contributed by atoms with Gasteiger partial charge >= 0.3 is 0 Å². The normalized spacial score (nSPS) is 15.6. The Hall–Kier alpha value is -3.62. The monoisotopic (exact) mass is 414 g/mol. The number of nitrogens with two attached hydrogens (primary N) is 1. The SMILES string of the molecule is NC1CCCc2c1ccc1c2ccc2ccccc21.c1ccc2c(c1)[nH]c1ccccc12. The van der Waals surface area contributed by atoms with Crippen molar-refractivity contribution in [3.8, 4) is 0 Å². The van der Waals surface area contributed by atoms with Crippen LogP contribution in [0.1, 0.15) is 30.0 Å². The Balaban J connectivity index is 0.000000131. The minimum absolute atomic E-state index is 0.222. The molecule has 1 aliphatic rings. The summed E-state index contributed by atoms with van der Waals surface area (Å²) in [6.07, 6.45) is 3.49. The highest BCUT2D eigenvalue weighted by molar-refractivity contribution is 6.09. The van der Waals surface area contributed by atoms with Crippen LogP contribution in [0.25, 0.3) is 43.4 Å². The molecule has 7 rings (SSSR count). The second kappa shape index (κ2) is 7.81. The van der Waals surface area contributed by atoms with Crippen LogP contribution in [0.15, 0.2) is 97.1 Å². The molecule has 156 valence electrons. The van der Waals surface area contributed by atoms with Crippen molar-refractivity contribution in [2.75, 3.05) is 0 Å². The van der Waals surface area contributed by atoms with Crippen LogP contribution < -0.4 is 5.73 Å². The van der Waals surface area contributed by atoms with Gasteiger partial charge in [-0.1, -0.05) is 84.9 Å². The Bertz CT molecular complexity index is 1520. The molecular formula is C30H26N2. The van der Waals surface area contributed by atoms with E-state index in [1.165, 1.54) is 67.3 Å². The van der Waals surface area contributed by atoms with Crippen LogP contribution in [-0.2, 0) is 6.42 Å². The van der Waals surface area contributed by atoms with Gasteiger partial charge < -0.3 is 10.7 Å². The van der Waals surface area contributed by atoms with Crippen LogP contribution >= 0.6 is 0 Å². The van der Waals surface area contributed by atoms with Gasteiger partial charge in [-0.3, -0.25) is 0 Å². The van der Waals surface area contributed by atoms with Gasteiger partial charge in [0.05, 0.1) is 0 Å². The number of H-pyrrole nitrogens is 1. The minimum Gasteiger partial charge on any atom is -0.355 e. The number of aryl methyl sites for hydroxylation is 1. The molecule has 1 atom stereocenters. The van der Waals surface area contributed by atoms with Crippen molar-refractivity contribution in [1.82, 2.24) is 4.98 Å². The molecule has 0 radical (unpaired) electrons. The third-order valence-electron chi connectivity index (χ3n) is 6.83. The maximum absolute atomic E-state index is 6.25. The summed E-state index contributed by atoms with van der Waals surface area (Å²) in [7, 11) is 0. The van der Waals surface area contributed by atoms with Crippen LogP contribution in [0.3, 0.4) is 0 Å². The van der Waals surface area contributed by atoms with E-state index in [1.54, 1.807) is 0 Å². The number of hydrogen-bond acceptors (Lipinski definition) is 1. The van der Waals surface area contributed by atoms with Gasteiger partial charge in [-0.15, -0.1) is 0 Å². The van der Waals surface area contributed by atoms with E-state index in [2.05, 4.69) is 102 Å². The number of nitrogens with one attached hydrogen (secondary N) is 1. The lowest BCUT2D eigenvalue weighted by molar-refractivity contribution is 0.573. The number of rotatable bonds is 0. The highest BCUT2D eigenvalue weighted by Gasteiger charge is 2.19. The van der Waals surface area contributed by atoms with Gasteiger partial charge in [0, 0.05) is 27.8 Å². The Morgan fingerprint density at radius 3 is 1.97 bits per heavy atom. The number of aromatic amines is 1. The van der Waals surface area contributed by atoms with Crippen molar-refractivity contribution < 1.29 is 0 Å². The van der Waals surface area contributed by atoms with Gasteiger partial charge in [-0.25, -0.2) is 0 Å². The third-order valence-corrected chi connectivity index (χ3v) is 6.83. The first-order chi connectivity index (χ1) is 15.8. The Morgan fingerprint density at radius 1 is 0.594 bits per heavy atom. The first-order valence-electron chi connectivity index (χ1n) is 11.4. The lowest BCUT2D eigenvalue weighted by Crippen LogP contribution is -2.17. The largest absolute Gasteiger partial charge is 0.355 e. The summed E-state index contributed by atoms with van der Waals surface area (Å²) in [5, 5.41) is 8.03. The fourth-order valence-electron chi connectivity index (χ4n) is 5.25. The first-order valence-corrected chi connectivity index (χ1v) is 11.4. The summed E-state index contributed by atoms with van der Waals surface area (Å²) in [5.41, 5.74) is 11.5. The Morgan fingerprint density at radius 2 is 1.22 bits per heavy atom. The predicted octanol–water partition coefficient (Wildman–Crippen LogP) is 7.65. The Kier molecular flexibility index (Phi) is 4.66. The van der Waals surface area contributed by atoms with Crippen molar-refractivity contribution in [3.05, 3.63) is 108 Å². The topological polar surface area (TPSA) is 41.8 Å². The quantitative estimate of drug-likeness (QED) is 0.246. The summed E-state index contributed by atoms with van der Waals surface area (Å²) in [6, 6.07) is 34.6. The van der Waals surface area contributed by atoms with Gasteiger partial charge in [-0.05, 0) is 64.1 Å². The van der Waals surface area contributed by atoms with Gasteiger partial charge in [0.15, 0.2) is 0 Å². The molecule has 32 heavy (non-hydrogen) atoms. The zero-order valence-electron chi connectivity index (χ0n) is 18.0. The predicted molar refractivity (Wildman–Crippen MR) is 137 cm³/mol. The molecule has 0 saturated heterocycles. The van der Waals surface area contributed by atoms with Gasteiger partial charge in [0.1, 0.15) is 0 Å². The second-order valence-electron chi connectivity index (χ2n) is 8.73. The molecule has 6 aromatic rings. The summed E-state index contributed by atoms with van der Waals surface area (Å²) in [4.78, 5) is 3.38. The smallest absolute Gasteiger partial charge is 0.0464 e. The number of para-hydroxylation sites is 2. The fraction of sp³-hybridized carbons (Fsp3) is 0.133. The molecule has 0 amide bonds. The van der Waals surface area contributed by atoms with Gasteiger partial charge in [-0.2, -0.15) is 0 Å². The molecule has 0 aliphatic heterocycles. The van der Waals surface area contributed by atoms with Gasteiger partial charge in [0.2, 0.25) is 0 Å². The number of aromatic nitrogens is 1. The number of hydrogen-bond donors (Lipinski definition) is 2. The van der Waals surface area contributed by atoms with Crippen molar-refractivity contribution in [3.63, 3.8) is 0 Å². The molecule has 1 aromatic heterocycles. The van der Waals surface area contributed by atoms with E-state index in [9.17, 15) is 0 Å². The average molecular weight is 415 g/mol. The van der Waals surface area contributed by atoms with Crippen molar-refractivity contribution in [1.29, 1.82) is 0 Å². The lowest BCUT2D eigenvalue weighted by atomic mass is 9.84. The first kappa shape index (κ1) is 19.1. The van der Waals surface area contributed by atoms with Crippen molar-refractivity contribution >= 4 is 43.4 Å². The summed E-state index contributed by atoms with van der Waals surface area (Å²) < 4.78 is 0. The van der Waals surface area contributed by atoms with Gasteiger partial charge in [0.25, 0.3) is 0 Å². The molecule has 2 nitrogen and oxygen atoms in total. The minimum atomic E-state index is 0.222. The number of fused-ring (bicyclic) bond motifs is 8. The molecule has 1 aliphatic carbocycles. The third kappa shape index (κ3) is 3.16. The molecule has 0 spiro atoms. The molecule has 3 N–H and O–H groups in total. The van der Waals surface area contributed by atoms with E-state index in [0.717, 1.165) is 6.42 Å². The molecule has 2 heteroatoms. The highest BCUT2D eigenvalue weighted by Crippen LogP contribution is 2.36. The maximum Gasteiger partial charge on any atom is 0.0464 e. The van der Waals surface area contributed by atoms with E-state index in [1.807, 2.05) is 0 Å². The van der Waals surface area contributed by atoms with E-state index in [-0.39, 0.29) is 6.04 Å². The number of benzene rings is 5. The molecule has 5 aromatic carbocycles. The van der Waals surface area contributed by atoms with Crippen LogP contribution in [0.2, 0.25) is 0 Å². The van der Waals surface area contributed by atoms with Crippen LogP contribution in [-0.4, -0.2) is 4.98 Å². The van der Waals surface area contributed by atoms with Crippen LogP contribution in [0.4, 0.5) is 0 Å². The van der Waals surface area contributed by atoms with Crippen molar-refractivity contribution in [2.24, 2.45) is 5.73 Å². The second-order valence-corrected chi connectivity index (χ2v) is 8.73. The standard InChI is InChI=1S/C18H17N.C12H9N/c19-18-7-3-6-14-16-9-8-12-4-1-2-5-13(12)15(16)10-11-17(14)18;1-3-7-11-9(5-1)10-6-2-4-8-12(10)13-11/h1-2,4-5,8-11,18H,3,6-7,19H2;1-8,13H. The molecule has 1 heterocycles. The molecular weight excluding hydrogens is 388 g/mol. The molecule has 0 bridgehead atoms. The molecule has 1 unspecified atom stereocenters. The van der Waals surface area contributed by atoms with Crippen LogP contribution in [0, 0.1) is 0 Å². The molecule has 0 fully saturated rings. The summed E-state index contributed by atoms with van der Waals surface area (Å²) in [6.45, 7) is 0. The van der Waals surface area contributed by atoms with Crippen molar-refractivity contribution in [2.45, 2.75) is 25.3 Å². The zero-order valence-corrected chi connectivity index (χ0v) is 18.0.